The lowest BCUT2D eigenvalue weighted by atomic mass is 9.79. The topological polar surface area (TPSA) is 55.6 Å². The van der Waals surface area contributed by atoms with Crippen molar-refractivity contribution in [3.8, 4) is 5.75 Å². The molecule has 1 aromatic carbocycles. The van der Waals surface area contributed by atoms with Crippen molar-refractivity contribution in [2.45, 2.75) is 32.7 Å². The summed E-state index contributed by atoms with van der Waals surface area (Å²) in [6, 6.07) is 7.30. The van der Waals surface area contributed by atoms with Gasteiger partial charge in [-0.2, -0.15) is 0 Å². The van der Waals surface area contributed by atoms with E-state index in [0.717, 1.165) is 18.7 Å². The highest BCUT2D eigenvalue weighted by Crippen LogP contribution is 2.28. The summed E-state index contributed by atoms with van der Waals surface area (Å²) < 4.78 is 5.56. The number of halogens is 1. The quantitative estimate of drug-likeness (QED) is 0.930. The Kier molecular flexibility index (Phi) is 5.12. The lowest BCUT2D eigenvalue weighted by Crippen LogP contribution is -2.54. The van der Waals surface area contributed by atoms with Gasteiger partial charge in [0.1, 0.15) is 5.75 Å². The number of amides is 1. The van der Waals surface area contributed by atoms with E-state index >= 15 is 0 Å². The summed E-state index contributed by atoms with van der Waals surface area (Å²) in [5.41, 5.74) is 6.07. The number of carbonyl (C=O) groups excluding carboxylic acids is 1. The van der Waals surface area contributed by atoms with Crippen LogP contribution in [0.1, 0.15) is 26.7 Å². The molecule has 5 heteroatoms. The van der Waals surface area contributed by atoms with E-state index in [9.17, 15) is 4.79 Å². The minimum absolute atomic E-state index is 0.0229. The molecule has 1 aliphatic heterocycles. The van der Waals surface area contributed by atoms with E-state index in [1.807, 2.05) is 4.90 Å². The molecule has 0 bridgehead atoms. The lowest BCUT2D eigenvalue weighted by Gasteiger charge is -2.42. The standard InChI is InChI=1S/C16H23ClN2O2/c1-16(2)11-19(9-7-14(16)18)15(20)8-10-21-13-5-3-12(17)4-6-13/h3-6,14H,7-11,18H2,1-2H3. The third-order valence-corrected chi connectivity index (χ3v) is 4.32. The van der Waals surface area contributed by atoms with Crippen molar-refractivity contribution in [2.24, 2.45) is 11.1 Å². The Morgan fingerprint density at radius 1 is 1.43 bits per heavy atom. The first-order valence-electron chi connectivity index (χ1n) is 7.30. The van der Waals surface area contributed by atoms with Crippen molar-refractivity contribution in [1.82, 2.24) is 4.90 Å². The zero-order valence-corrected chi connectivity index (χ0v) is 13.4. The van der Waals surface area contributed by atoms with E-state index in [0.29, 0.717) is 24.6 Å². The van der Waals surface area contributed by atoms with Crippen LogP contribution in [0.3, 0.4) is 0 Å². The molecule has 1 unspecified atom stereocenters. The van der Waals surface area contributed by atoms with Gasteiger partial charge in [-0.3, -0.25) is 4.79 Å². The molecule has 116 valence electrons. The number of carbonyl (C=O) groups is 1. The van der Waals surface area contributed by atoms with Crippen LogP contribution in [-0.4, -0.2) is 36.5 Å². The molecule has 0 aromatic heterocycles. The molecule has 0 radical (unpaired) electrons. The summed E-state index contributed by atoms with van der Waals surface area (Å²) >= 11 is 5.81. The fourth-order valence-electron chi connectivity index (χ4n) is 2.53. The fourth-order valence-corrected chi connectivity index (χ4v) is 2.66. The SMILES string of the molecule is CC1(C)CN(C(=O)CCOc2ccc(Cl)cc2)CCC1N. The van der Waals surface area contributed by atoms with Gasteiger partial charge in [0.15, 0.2) is 0 Å². The van der Waals surface area contributed by atoms with E-state index in [-0.39, 0.29) is 17.4 Å². The summed E-state index contributed by atoms with van der Waals surface area (Å²) in [7, 11) is 0. The minimum atomic E-state index is -0.0229. The molecular weight excluding hydrogens is 288 g/mol. The third kappa shape index (κ3) is 4.35. The van der Waals surface area contributed by atoms with Gasteiger partial charge in [-0.1, -0.05) is 25.4 Å². The molecule has 1 fully saturated rings. The Morgan fingerprint density at radius 2 is 2.10 bits per heavy atom. The molecule has 0 spiro atoms. The molecular formula is C16H23ClN2O2. The van der Waals surface area contributed by atoms with Crippen molar-refractivity contribution in [2.75, 3.05) is 19.7 Å². The Morgan fingerprint density at radius 3 is 2.71 bits per heavy atom. The monoisotopic (exact) mass is 310 g/mol. The largest absolute Gasteiger partial charge is 0.493 e. The van der Waals surface area contributed by atoms with Crippen molar-refractivity contribution in [3.63, 3.8) is 0 Å². The number of nitrogens with two attached hydrogens (primary N) is 1. The van der Waals surface area contributed by atoms with Crippen molar-refractivity contribution in [3.05, 3.63) is 29.3 Å². The molecule has 1 saturated heterocycles. The average Bonchev–Trinajstić information content (AvgIpc) is 2.44. The number of likely N-dealkylation sites (tertiary alicyclic amines) is 1. The molecule has 1 aliphatic rings. The van der Waals surface area contributed by atoms with Crippen LogP contribution in [0.4, 0.5) is 0 Å². The predicted octanol–water partition coefficient (Wildman–Crippen LogP) is 2.69. The van der Waals surface area contributed by atoms with Crippen LogP contribution in [0.5, 0.6) is 5.75 Å². The van der Waals surface area contributed by atoms with E-state index in [1.54, 1.807) is 24.3 Å². The summed E-state index contributed by atoms with van der Waals surface area (Å²) in [5.74, 6) is 0.858. The number of benzene rings is 1. The van der Waals surface area contributed by atoms with E-state index in [4.69, 9.17) is 22.1 Å². The van der Waals surface area contributed by atoms with Crippen LogP contribution in [-0.2, 0) is 4.79 Å². The lowest BCUT2D eigenvalue weighted by molar-refractivity contribution is -0.135. The maximum Gasteiger partial charge on any atom is 0.226 e. The Labute approximate surface area is 131 Å². The van der Waals surface area contributed by atoms with Crippen LogP contribution < -0.4 is 10.5 Å². The summed E-state index contributed by atoms with van der Waals surface area (Å²) in [6.07, 6.45) is 1.24. The molecule has 0 saturated carbocycles. The number of ether oxygens (including phenoxy) is 1. The van der Waals surface area contributed by atoms with Gasteiger partial charge < -0.3 is 15.4 Å². The molecule has 1 atom stereocenters. The van der Waals surface area contributed by atoms with Gasteiger partial charge >= 0.3 is 0 Å². The van der Waals surface area contributed by atoms with Gasteiger partial charge in [0.25, 0.3) is 0 Å². The molecule has 1 amide bonds. The van der Waals surface area contributed by atoms with Crippen LogP contribution in [0.15, 0.2) is 24.3 Å². The van der Waals surface area contributed by atoms with Gasteiger partial charge in [-0.05, 0) is 36.1 Å². The molecule has 2 rings (SSSR count). The average molecular weight is 311 g/mol. The smallest absolute Gasteiger partial charge is 0.226 e. The summed E-state index contributed by atoms with van der Waals surface area (Å²) in [5, 5.41) is 0.672. The van der Waals surface area contributed by atoms with Crippen LogP contribution in [0, 0.1) is 5.41 Å². The Balaban J connectivity index is 1.78. The molecule has 2 N–H and O–H groups in total. The number of nitrogens with zero attached hydrogens (tertiary/aromatic N) is 1. The van der Waals surface area contributed by atoms with Crippen LogP contribution in [0.25, 0.3) is 0 Å². The second-order valence-electron chi connectivity index (χ2n) is 6.25. The highest BCUT2D eigenvalue weighted by molar-refractivity contribution is 6.30. The first-order valence-corrected chi connectivity index (χ1v) is 7.68. The van der Waals surface area contributed by atoms with Gasteiger partial charge in [-0.25, -0.2) is 0 Å². The molecule has 1 aromatic rings. The van der Waals surface area contributed by atoms with Crippen LogP contribution >= 0.6 is 11.6 Å². The van der Waals surface area contributed by atoms with Crippen molar-refractivity contribution in [1.29, 1.82) is 0 Å². The zero-order valence-electron chi connectivity index (χ0n) is 12.6. The first-order chi connectivity index (χ1) is 9.88. The summed E-state index contributed by atoms with van der Waals surface area (Å²) in [4.78, 5) is 14.1. The van der Waals surface area contributed by atoms with Gasteiger partial charge in [-0.15, -0.1) is 0 Å². The van der Waals surface area contributed by atoms with Gasteiger partial charge in [0.2, 0.25) is 5.91 Å². The highest BCUT2D eigenvalue weighted by Gasteiger charge is 2.35. The maximum atomic E-state index is 12.2. The Hall–Kier alpha value is -1.26. The predicted molar refractivity (Wildman–Crippen MR) is 84.5 cm³/mol. The fraction of sp³-hybridized carbons (Fsp3) is 0.562. The number of hydrogen-bond donors (Lipinski definition) is 1. The maximum absolute atomic E-state index is 12.2. The molecule has 4 nitrogen and oxygen atoms in total. The van der Waals surface area contributed by atoms with E-state index in [1.165, 1.54) is 0 Å². The van der Waals surface area contributed by atoms with Crippen molar-refractivity contribution < 1.29 is 9.53 Å². The van der Waals surface area contributed by atoms with Crippen LogP contribution in [0.2, 0.25) is 5.02 Å². The highest BCUT2D eigenvalue weighted by atomic mass is 35.5. The molecule has 0 aliphatic carbocycles. The second kappa shape index (κ2) is 6.67. The van der Waals surface area contributed by atoms with E-state index in [2.05, 4.69) is 13.8 Å². The number of hydrogen-bond acceptors (Lipinski definition) is 3. The second-order valence-corrected chi connectivity index (χ2v) is 6.69. The normalized spacial score (nSPS) is 21.1. The van der Waals surface area contributed by atoms with Gasteiger partial charge in [0.05, 0.1) is 13.0 Å². The van der Waals surface area contributed by atoms with E-state index < -0.39 is 0 Å². The minimum Gasteiger partial charge on any atom is -0.493 e. The molecule has 1 heterocycles. The number of rotatable bonds is 4. The molecule has 21 heavy (non-hydrogen) atoms. The summed E-state index contributed by atoms with van der Waals surface area (Å²) in [6.45, 7) is 6.06. The zero-order chi connectivity index (χ0) is 15.5. The number of piperidine rings is 1. The third-order valence-electron chi connectivity index (χ3n) is 4.06. The first kappa shape index (κ1) is 16.1. The Bertz CT molecular complexity index is 488. The van der Waals surface area contributed by atoms with Crippen molar-refractivity contribution >= 4 is 17.5 Å². The van der Waals surface area contributed by atoms with Gasteiger partial charge in [0, 0.05) is 24.2 Å².